The smallest absolute Gasteiger partial charge is 0.0173 e. The first-order valence-corrected chi connectivity index (χ1v) is 5.32. The molecule has 0 N–H and O–H groups in total. The van der Waals surface area contributed by atoms with Gasteiger partial charge in [-0.1, -0.05) is 34.6 Å². The molecule has 0 radical (unpaired) electrons. The largest absolute Gasteiger partial charge is 0.301 e. The highest BCUT2D eigenvalue weighted by molar-refractivity contribution is 4.80. The summed E-state index contributed by atoms with van der Waals surface area (Å²) in [4.78, 5) is 2.42. The van der Waals surface area contributed by atoms with Gasteiger partial charge in [0.2, 0.25) is 0 Å². The molecule has 0 saturated heterocycles. The molecule has 1 nitrogen and oxygen atoms in total. The Hall–Kier alpha value is -0.0400. The van der Waals surface area contributed by atoms with Crippen molar-refractivity contribution in [2.45, 2.75) is 59.9 Å². The van der Waals surface area contributed by atoms with Crippen LogP contribution in [0.2, 0.25) is 0 Å². The minimum atomic E-state index is 0.425. The Balaban J connectivity index is 0. The normalized spacial score (nSPS) is 11.0. The molecule has 0 fully saturated rings. The van der Waals surface area contributed by atoms with Crippen LogP contribution in [0.3, 0.4) is 0 Å². The van der Waals surface area contributed by atoms with E-state index in [1.165, 1.54) is 12.8 Å². The molecule has 0 aromatic rings. The van der Waals surface area contributed by atoms with E-state index in [0.717, 1.165) is 6.54 Å². The van der Waals surface area contributed by atoms with Crippen LogP contribution in [-0.2, 0) is 0 Å². The van der Waals surface area contributed by atoms with Crippen LogP contribution in [-0.4, -0.2) is 24.0 Å². The molecular weight excluding hydrogens is 146 g/mol. The second-order valence-electron chi connectivity index (χ2n) is 3.22. The van der Waals surface area contributed by atoms with Gasteiger partial charge in [0, 0.05) is 5.54 Å². The SMILES string of the molecule is CC.CCN(C)C(C)(CC)CC. The van der Waals surface area contributed by atoms with E-state index in [1.54, 1.807) is 0 Å². The summed E-state index contributed by atoms with van der Waals surface area (Å²) in [5.74, 6) is 0. The number of hydrogen-bond donors (Lipinski definition) is 0. The Kier molecular flexibility index (Phi) is 9.17. The summed E-state index contributed by atoms with van der Waals surface area (Å²) in [6.45, 7) is 14.2. The lowest BCUT2D eigenvalue weighted by Crippen LogP contribution is -2.42. The molecule has 0 aliphatic heterocycles. The van der Waals surface area contributed by atoms with Crippen LogP contribution < -0.4 is 0 Å². The summed E-state index contributed by atoms with van der Waals surface area (Å²) < 4.78 is 0. The average molecular weight is 173 g/mol. The van der Waals surface area contributed by atoms with E-state index in [4.69, 9.17) is 0 Å². The Morgan fingerprint density at radius 1 is 1.00 bits per heavy atom. The molecule has 0 aliphatic rings. The van der Waals surface area contributed by atoms with Crippen molar-refractivity contribution in [2.24, 2.45) is 0 Å². The molecule has 0 spiro atoms. The Morgan fingerprint density at radius 3 is 1.42 bits per heavy atom. The Morgan fingerprint density at radius 2 is 1.33 bits per heavy atom. The predicted molar refractivity (Wildman–Crippen MR) is 58.6 cm³/mol. The zero-order valence-electron chi connectivity index (χ0n) is 10.1. The van der Waals surface area contributed by atoms with Crippen LogP contribution in [0, 0.1) is 0 Å². The fourth-order valence-corrected chi connectivity index (χ4v) is 1.17. The number of nitrogens with zero attached hydrogens (tertiary/aromatic N) is 1. The van der Waals surface area contributed by atoms with Crippen molar-refractivity contribution >= 4 is 0 Å². The van der Waals surface area contributed by atoms with Gasteiger partial charge in [-0.2, -0.15) is 0 Å². The fraction of sp³-hybridized carbons (Fsp3) is 1.00. The predicted octanol–water partition coefficient (Wildman–Crippen LogP) is 3.54. The van der Waals surface area contributed by atoms with Crippen LogP contribution in [0.4, 0.5) is 0 Å². The minimum absolute atomic E-state index is 0.425. The lowest BCUT2D eigenvalue weighted by atomic mass is 9.94. The number of rotatable bonds is 4. The van der Waals surface area contributed by atoms with Gasteiger partial charge in [-0.05, 0) is 33.4 Å². The highest BCUT2D eigenvalue weighted by Gasteiger charge is 2.22. The summed E-state index contributed by atoms with van der Waals surface area (Å²) in [5.41, 5.74) is 0.425. The maximum atomic E-state index is 2.42. The molecule has 0 amide bonds. The van der Waals surface area contributed by atoms with Crippen molar-refractivity contribution in [3.05, 3.63) is 0 Å². The van der Waals surface area contributed by atoms with Gasteiger partial charge in [-0.3, -0.25) is 0 Å². The van der Waals surface area contributed by atoms with E-state index < -0.39 is 0 Å². The van der Waals surface area contributed by atoms with Crippen molar-refractivity contribution in [3.8, 4) is 0 Å². The molecule has 1 heteroatoms. The van der Waals surface area contributed by atoms with Crippen molar-refractivity contribution < 1.29 is 0 Å². The van der Waals surface area contributed by atoms with Crippen molar-refractivity contribution in [1.82, 2.24) is 4.90 Å². The van der Waals surface area contributed by atoms with Crippen LogP contribution in [0.5, 0.6) is 0 Å². The highest BCUT2D eigenvalue weighted by Crippen LogP contribution is 2.20. The fourth-order valence-electron chi connectivity index (χ4n) is 1.17. The molecule has 0 bridgehead atoms. The molecule has 0 rings (SSSR count). The third kappa shape index (κ3) is 4.10. The van der Waals surface area contributed by atoms with Crippen molar-refractivity contribution in [2.75, 3.05) is 13.6 Å². The monoisotopic (exact) mass is 173 g/mol. The highest BCUT2D eigenvalue weighted by atomic mass is 15.2. The van der Waals surface area contributed by atoms with Crippen molar-refractivity contribution in [1.29, 1.82) is 0 Å². The van der Waals surface area contributed by atoms with Crippen molar-refractivity contribution in [3.63, 3.8) is 0 Å². The van der Waals surface area contributed by atoms with Gasteiger partial charge in [-0.15, -0.1) is 0 Å². The summed E-state index contributed by atoms with van der Waals surface area (Å²) in [6.07, 6.45) is 2.49. The molecule has 0 aliphatic carbocycles. The summed E-state index contributed by atoms with van der Waals surface area (Å²) in [6, 6.07) is 0. The van der Waals surface area contributed by atoms with Gasteiger partial charge >= 0.3 is 0 Å². The first-order chi connectivity index (χ1) is 5.60. The van der Waals surface area contributed by atoms with Gasteiger partial charge in [0.05, 0.1) is 0 Å². The lowest BCUT2D eigenvalue weighted by molar-refractivity contribution is 0.134. The van der Waals surface area contributed by atoms with E-state index in [1.807, 2.05) is 13.8 Å². The molecule has 0 atom stereocenters. The maximum absolute atomic E-state index is 2.42. The lowest BCUT2D eigenvalue weighted by Gasteiger charge is -2.36. The summed E-state index contributed by atoms with van der Waals surface area (Å²) in [7, 11) is 2.20. The third-order valence-corrected chi connectivity index (χ3v) is 2.92. The zero-order valence-corrected chi connectivity index (χ0v) is 10.1. The summed E-state index contributed by atoms with van der Waals surface area (Å²) in [5, 5.41) is 0. The van der Waals surface area contributed by atoms with E-state index >= 15 is 0 Å². The second kappa shape index (κ2) is 7.60. The van der Waals surface area contributed by atoms with E-state index in [9.17, 15) is 0 Å². The van der Waals surface area contributed by atoms with Gasteiger partial charge in [-0.25, -0.2) is 0 Å². The minimum Gasteiger partial charge on any atom is -0.301 e. The van der Waals surface area contributed by atoms with E-state index in [-0.39, 0.29) is 0 Å². The van der Waals surface area contributed by atoms with Gasteiger partial charge < -0.3 is 4.90 Å². The molecule has 76 valence electrons. The Labute approximate surface area is 79.2 Å². The Bertz CT molecular complexity index is 85.0. The molecular formula is C11H27N. The summed E-state index contributed by atoms with van der Waals surface area (Å²) >= 11 is 0. The standard InChI is InChI=1S/C9H21N.C2H6/c1-6-9(4,7-2)10(5)8-3;1-2/h6-8H2,1-5H3;1-2H3. The van der Waals surface area contributed by atoms with E-state index in [2.05, 4.69) is 39.6 Å². The van der Waals surface area contributed by atoms with E-state index in [0.29, 0.717) is 5.54 Å². The molecule has 0 unspecified atom stereocenters. The van der Waals surface area contributed by atoms with Crippen LogP contribution in [0.1, 0.15) is 54.4 Å². The van der Waals surface area contributed by atoms with Gasteiger partial charge in [0.1, 0.15) is 0 Å². The molecule has 0 heterocycles. The average Bonchev–Trinajstić information content (AvgIpc) is 2.18. The maximum Gasteiger partial charge on any atom is 0.0173 e. The van der Waals surface area contributed by atoms with Crippen LogP contribution in [0.25, 0.3) is 0 Å². The van der Waals surface area contributed by atoms with Crippen LogP contribution in [0.15, 0.2) is 0 Å². The third-order valence-electron chi connectivity index (χ3n) is 2.92. The molecule has 12 heavy (non-hydrogen) atoms. The van der Waals surface area contributed by atoms with Gasteiger partial charge in [0.25, 0.3) is 0 Å². The second-order valence-corrected chi connectivity index (χ2v) is 3.22. The van der Waals surface area contributed by atoms with Gasteiger partial charge in [0.15, 0.2) is 0 Å². The molecule has 0 aromatic carbocycles. The number of hydrogen-bond acceptors (Lipinski definition) is 1. The molecule has 0 aromatic heterocycles. The zero-order chi connectivity index (χ0) is 10.2. The molecule has 0 saturated carbocycles. The van der Waals surface area contributed by atoms with Crippen LogP contribution >= 0.6 is 0 Å². The first kappa shape index (κ1) is 14.5. The first-order valence-electron chi connectivity index (χ1n) is 5.32. The quantitative estimate of drug-likeness (QED) is 0.628. The topological polar surface area (TPSA) is 3.24 Å².